The molecule has 8 heteroatoms. The monoisotopic (exact) mass is 411 g/mol. The van der Waals surface area contributed by atoms with Crippen LogP contribution in [0.25, 0.3) is 5.69 Å². The first-order valence-electron chi connectivity index (χ1n) is 9.48. The molecule has 0 unspecified atom stereocenters. The summed E-state index contributed by atoms with van der Waals surface area (Å²) < 4.78 is 6.80. The molecule has 1 N–H and O–H groups in total. The van der Waals surface area contributed by atoms with E-state index in [1.54, 1.807) is 11.8 Å². The fourth-order valence-corrected chi connectivity index (χ4v) is 3.47. The highest BCUT2D eigenvalue weighted by Crippen LogP contribution is 2.20. The SMILES string of the molecule is COc1ccc(CCNC(=O)CSc2nnnn2-c2ccc(C(C)C)cc2)cc1. The van der Waals surface area contributed by atoms with Gasteiger partial charge in [-0.25, -0.2) is 0 Å². The topological polar surface area (TPSA) is 81.9 Å². The quantitative estimate of drug-likeness (QED) is 0.545. The summed E-state index contributed by atoms with van der Waals surface area (Å²) in [5.41, 5.74) is 3.28. The molecule has 2 aromatic carbocycles. The van der Waals surface area contributed by atoms with Crippen LogP contribution in [0.5, 0.6) is 5.75 Å². The van der Waals surface area contributed by atoms with E-state index in [0.717, 1.165) is 23.4 Å². The molecular weight excluding hydrogens is 386 g/mol. The number of nitrogens with zero attached hydrogens (tertiary/aromatic N) is 4. The summed E-state index contributed by atoms with van der Waals surface area (Å²) in [5, 5.41) is 15.4. The molecule has 3 rings (SSSR count). The summed E-state index contributed by atoms with van der Waals surface area (Å²) in [6, 6.07) is 16.0. The Labute approximate surface area is 174 Å². The Morgan fingerprint density at radius 3 is 2.52 bits per heavy atom. The number of thioether (sulfide) groups is 1. The molecule has 0 aliphatic rings. The van der Waals surface area contributed by atoms with Gasteiger partial charge in [0.15, 0.2) is 0 Å². The number of aromatic nitrogens is 4. The van der Waals surface area contributed by atoms with Gasteiger partial charge in [0.1, 0.15) is 5.75 Å². The summed E-state index contributed by atoms with van der Waals surface area (Å²) in [6.45, 7) is 4.88. The average Bonchev–Trinajstić information content (AvgIpc) is 3.21. The molecule has 1 aromatic heterocycles. The summed E-state index contributed by atoms with van der Waals surface area (Å²) >= 11 is 1.32. The van der Waals surface area contributed by atoms with Crippen LogP contribution >= 0.6 is 11.8 Å². The number of rotatable bonds is 9. The van der Waals surface area contributed by atoms with E-state index in [0.29, 0.717) is 17.6 Å². The summed E-state index contributed by atoms with van der Waals surface area (Å²) in [4.78, 5) is 12.2. The van der Waals surface area contributed by atoms with Crippen molar-refractivity contribution in [2.75, 3.05) is 19.4 Å². The summed E-state index contributed by atoms with van der Waals surface area (Å²) in [6.07, 6.45) is 0.764. The van der Waals surface area contributed by atoms with Gasteiger partial charge in [-0.1, -0.05) is 49.9 Å². The van der Waals surface area contributed by atoms with Crippen molar-refractivity contribution in [1.82, 2.24) is 25.5 Å². The molecule has 152 valence electrons. The third-order valence-electron chi connectivity index (χ3n) is 4.47. The zero-order valence-electron chi connectivity index (χ0n) is 16.8. The lowest BCUT2D eigenvalue weighted by molar-refractivity contribution is -0.118. The number of methoxy groups -OCH3 is 1. The van der Waals surface area contributed by atoms with Gasteiger partial charge in [-0.05, 0) is 58.2 Å². The van der Waals surface area contributed by atoms with Crippen LogP contribution in [0.3, 0.4) is 0 Å². The van der Waals surface area contributed by atoms with Crippen molar-refractivity contribution in [3.8, 4) is 11.4 Å². The number of carbonyl (C=O) groups is 1. The van der Waals surface area contributed by atoms with Crippen LogP contribution < -0.4 is 10.1 Å². The fraction of sp³-hybridized carbons (Fsp3) is 0.333. The van der Waals surface area contributed by atoms with Crippen LogP contribution in [0.15, 0.2) is 53.7 Å². The van der Waals surface area contributed by atoms with Gasteiger partial charge >= 0.3 is 0 Å². The molecule has 7 nitrogen and oxygen atoms in total. The first kappa shape index (κ1) is 20.9. The normalized spacial score (nSPS) is 10.9. The number of carbonyl (C=O) groups excluding carboxylic acids is 1. The first-order valence-corrected chi connectivity index (χ1v) is 10.5. The molecular formula is C21H25N5O2S. The van der Waals surface area contributed by atoms with E-state index in [9.17, 15) is 4.79 Å². The first-order chi connectivity index (χ1) is 14.1. The van der Waals surface area contributed by atoms with Gasteiger partial charge in [0.05, 0.1) is 18.6 Å². The largest absolute Gasteiger partial charge is 0.497 e. The molecule has 0 radical (unpaired) electrons. The highest BCUT2D eigenvalue weighted by molar-refractivity contribution is 7.99. The number of nitrogens with one attached hydrogen (secondary N) is 1. The lowest BCUT2D eigenvalue weighted by atomic mass is 10.0. The smallest absolute Gasteiger partial charge is 0.230 e. The van der Waals surface area contributed by atoms with Crippen molar-refractivity contribution in [3.05, 3.63) is 59.7 Å². The van der Waals surface area contributed by atoms with Gasteiger partial charge in [0, 0.05) is 6.54 Å². The predicted molar refractivity (Wildman–Crippen MR) is 114 cm³/mol. The molecule has 0 saturated carbocycles. The van der Waals surface area contributed by atoms with E-state index in [4.69, 9.17) is 4.74 Å². The molecule has 0 atom stereocenters. The molecule has 0 fully saturated rings. The third kappa shape index (κ3) is 5.80. The maximum atomic E-state index is 12.2. The maximum absolute atomic E-state index is 12.2. The van der Waals surface area contributed by atoms with Gasteiger partial charge in [-0.15, -0.1) is 5.10 Å². The highest BCUT2D eigenvalue weighted by atomic mass is 32.2. The second-order valence-electron chi connectivity index (χ2n) is 6.86. The van der Waals surface area contributed by atoms with Crippen molar-refractivity contribution in [1.29, 1.82) is 0 Å². The van der Waals surface area contributed by atoms with Crippen LogP contribution in [0.2, 0.25) is 0 Å². The molecule has 3 aromatic rings. The highest BCUT2D eigenvalue weighted by Gasteiger charge is 2.12. The maximum Gasteiger partial charge on any atom is 0.230 e. The Morgan fingerprint density at radius 1 is 1.14 bits per heavy atom. The van der Waals surface area contributed by atoms with Crippen LogP contribution in [0.4, 0.5) is 0 Å². The van der Waals surface area contributed by atoms with Crippen LogP contribution in [-0.2, 0) is 11.2 Å². The van der Waals surface area contributed by atoms with Crippen molar-refractivity contribution in [3.63, 3.8) is 0 Å². The second-order valence-corrected chi connectivity index (χ2v) is 7.80. The predicted octanol–water partition coefficient (Wildman–Crippen LogP) is 3.25. The summed E-state index contributed by atoms with van der Waals surface area (Å²) in [7, 11) is 1.64. The molecule has 0 bridgehead atoms. The summed E-state index contributed by atoms with van der Waals surface area (Å²) in [5.74, 6) is 1.50. The molecule has 29 heavy (non-hydrogen) atoms. The van der Waals surface area contributed by atoms with Crippen LogP contribution in [0, 0.1) is 0 Å². The van der Waals surface area contributed by atoms with Crippen molar-refractivity contribution in [2.45, 2.75) is 31.3 Å². The van der Waals surface area contributed by atoms with E-state index < -0.39 is 0 Å². The lowest BCUT2D eigenvalue weighted by Gasteiger charge is -2.08. The van der Waals surface area contributed by atoms with Gasteiger partial charge in [0.25, 0.3) is 0 Å². The zero-order chi connectivity index (χ0) is 20.6. The standard InChI is InChI=1S/C21H25N5O2S/c1-15(2)17-6-8-18(9-7-17)26-21(23-24-25-26)29-14-20(27)22-13-12-16-4-10-19(28-3)11-5-16/h4-11,15H,12-14H2,1-3H3,(H,22,27). The lowest BCUT2D eigenvalue weighted by Crippen LogP contribution is -2.27. The van der Waals surface area contributed by atoms with Crippen molar-refractivity contribution in [2.24, 2.45) is 0 Å². The Hall–Kier alpha value is -2.87. The molecule has 0 spiro atoms. The molecule has 0 saturated heterocycles. The minimum atomic E-state index is -0.0479. The van der Waals surface area contributed by atoms with Crippen LogP contribution in [0.1, 0.15) is 30.9 Å². The van der Waals surface area contributed by atoms with Gasteiger partial charge < -0.3 is 10.1 Å². The minimum Gasteiger partial charge on any atom is -0.497 e. The van der Waals surface area contributed by atoms with Crippen LogP contribution in [-0.4, -0.2) is 45.5 Å². The van der Waals surface area contributed by atoms with Gasteiger partial charge in [0.2, 0.25) is 11.1 Å². The van der Waals surface area contributed by atoms with Gasteiger partial charge in [-0.2, -0.15) is 4.68 Å². The zero-order valence-corrected chi connectivity index (χ0v) is 17.6. The molecule has 1 heterocycles. The Bertz CT molecular complexity index is 923. The van der Waals surface area contributed by atoms with Crippen molar-refractivity contribution < 1.29 is 9.53 Å². The Balaban J connectivity index is 1.48. The average molecular weight is 412 g/mol. The number of hydrogen-bond acceptors (Lipinski definition) is 6. The third-order valence-corrected chi connectivity index (χ3v) is 5.39. The van der Waals surface area contributed by atoms with Gasteiger partial charge in [-0.3, -0.25) is 4.79 Å². The fourth-order valence-electron chi connectivity index (χ4n) is 2.75. The van der Waals surface area contributed by atoms with E-state index in [1.165, 1.54) is 17.3 Å². The number of hydrogen-bond donors (Lipinski definition) is 1. The van der Waals surface area contributed by atoms with E-state index in [2.05, 4.69) is 46.8 Å². The van der Waals surface area contributed by atoms with E-state index in [-0.39, 0.29) is 11.7 Å². The second kappa shape index (κ2) is 10.1. The van der Waals surface area contributed by atoms with E-state index in [1.807, 2.05) is 36.4 Å². The molecule has 1 amide bonds. The Morgan fingerprint density at radius 2 is 1.86 bits per heavy atom. The number of benzene rings is 2. The van der Waals surface area contributed by atoms with Crippen molar-refractivity contribution >= 4 is 17.7 Å². The molecule has 0 aliphatic heterocycles. The van der Waals surface area contributed by atoms with E-state index >= 15 is 0 Å². The number of tetrazole rings is 1. The minimum absolute atomic E-state index is 0.0479. The number of ether oxygens (including phenoxy) is 1. The number of amides is 1. The Kier molecular flexibility index (Phi) is 7.24. The molecule has 0 aliphatic carbocycles.